The largest absolute Gasteiger partial charge is 0.452 e. The molecule has 2 aliphatic heterocycles. The number of carbonyl (C=O) groups is 2. The summed E-state index contributed by atoms with van der Waals surface area (Å²) in [5.41, 5.74) is 0.346. The summed E-state index contributed by atoms with van der Waals surface area (Å²) in [6.45, 7) is 3.10. The van der Waals surface area contributed by atoms with Crippen molar-refractivity contribution in [2.75, 3.05) is 50.9 Å². The quantitative estimate of drug-likeness (QED) is 0.440. The second-order valence-corrected chi connectivity index (χ2v) is 6.22. The molecule has 0 aromatic heterocycles. The number of morpholine rings is 1. The molecule has 0 N–H and O–H groups in total. The van der Waals surface area contributed by atoms with E-state index >= 15 is 0 Å². The van der Waals surface area contributed by atoms with Crippen molar-refractivity contribution in [3.05, 3.63) is 33.9 Å². The molecule has 0 bridgehead atoms. The van der Waals surface area contributed by atoms with E-state index in [0.29, 0.717) is 45.1 Å². The summed E-state index contributed by atoms with van der Waals surface area (Å²) >= 11 is 0. The maximum atomic E-state index is 12.2. The van der Waals surface area contributed by atoms with Gasteiger partial charge in [0.05, 0.1) is 23.7 Å². The van der Waals surface area contributed by atoms with Gasteiger partial charge in [-0.05, 0) is 25.0 Å². The Bertz CT molecular complexity index is 696. The molecule has 2 heterocycles. The molecular formula is C17H21N3O6. The van der Waals surface area contributed by atoms with Crippen LogP contribution in [0.25, 0.3) is 0 Å². The fraction of sp³-hybridized carbons (Fsp3) is 0.529. The second-order valence-electron chi connectivity index (χ2n) is 6.22. The number of esters is 1. The molecule has 140 valence electrons. The number of nitro groups is 1. The number of ether oxygens (including phenoxy) is 2. The van der Waals surface area contributed by atoms with Crippen LogP contribution in [0.2, 0.25) is 0 Å². The molecule has 0 saturated carbocycles. The fourth-order valence-corrected chi connectivity index (χ4v) is 3.14. The molecule has 1 aromatic rings. The van der Waals surface area contributed by atoms with Gasteiger partial charge in [-0.1, -0.05) is 0 Å². The van der Waals surface area contributed by atoms with Crippen LogP contribution < -0.4 is 4.90 Å². The fourth-order valence-electron chi connectivity index (χ4n) is 3.14. The number of hydrogen-bond donors (Lipinski definition) is 0. The summed E-state index contributed by atoms with van der Waals surface area (Å²) in [4.78, 5) is 38.5. The van der Waals surface area contributed by atoms with Gasteiger partial charge < -0.3 is 19.3 Å². The third-order valence-electron chi connectivity index (χ3n) is 4.55. The lowest BCUT2D eigenvalue weighted by molar-refractivity contribution is -0.384. The smallest absolute Gasteiger partial charge is 0.338 e. The van der Waals surface area contributed by atoms with Crippen molar-refractivity contribution in [3.63, 3.8) is 0 Å². The number of amides is 1. The minimum Gasteiger partial charge on any atom is -0.452 e. The molecular weight excluding hydrogens is 342 g/mol. The summed E-state index contributed by atoms with van der Waals surface area (Å²) < 4.78 is 10.3. The lowest BCUT2D eigenvalue weighted by atomic mass is 10.1. The van der Waals surface area contributed by atoms with E-state index in [9.17, 15) is 19.7 Å². The number of nitro benzene ring substituents is 1. The highest BCUT2D eigenvalue weighted by Gasteiger charge is 2.25. The third kappa shape index (κ3) is 4.10. The van der Waals surface area contributed by atoms with Crippen LogP contribution in [-0.2, 0) is 14.3 Å². The summed E-state index contributed by atoms with van der Waals surface area (Å²) in [5.74, 6) is -0.982. The highest BCUT2D eigenvalue weighted by Crippen LogP contribution is 2.30. The molecule has 9 heteroatoms. The Morgan fingerprint density at radius 3 is 2.50 bits per heavy atom. The van der Waals surface area contributed by atoms with Gasteiger partial charge in [-0.3, -0.25) is 14.9 Å². The molecule has 9 nitrogen and oxygen atoms in total. The first-order valence-electron chi connectivity index (χ1n) is 8.62. The number of rotatable bonds is 5. The highest BCUT2D eigenvalue weighted by atomic mass is 16.6. The molecule has 1 aromatic carbocycles. The van der Waals surface area contributed by atoms with Crippen molar-refractivity contribution in [1.82, 2.24) is 4.90 Å². The normalized spacial score (nSPS) is 17.2. The summed E-state index contributed by atoms with van der Waals surface area (Å²) in [5, 5.41) is 11.4. The molecule has 0 unspecified atom stereocenters. The Hall–Kier alpha value is -2.68. The van der Waals surface area contributed by atoms with Crippen molar-refractivity contribution in [2.45, 2.75) is 12.8 Å². The molecule has 0 atom stereocenters. The summed E-state index contributed by atoms with van der Waals surface area (Å²) in [7, 11) is 0. The molecule has 1 amide bonds. The molecule has 0 spiro atoms. The van der Waals surface area contributed by atoms with E-state index in [2.05, 4.69) is 0 Å². The van der Waals surface area contributed by atoms with Crippen LogP contribution in [0.1, 0.15) is 23.2 Å². The van der Waals surface area contributed by atoms with E-state index in [1.54, 1.807) is 11.0 Å². The Kier molecular flexibility index (Phi) is 5.67. The molecule has 2 aliphatic rings. The van der Waals surface area contributed by atoms with Crippen LogP contribution in [0.3, 0.4) is 0 Å². The first kappa shape index (κ1) is 18.1. The van der Waals surface area contributed by atoms with Gasteiger partial charge in [-0.2, -0.15) is 0 Å². The molecule has 3 rings (SSSR count). The van der Waals surface area contributed by atoms with Crippen LogP contribution in [0.15, 0.2) is 18.2 Å². The van der Waals surface area contributed by atoms with E-state index in [1.807, 2.05) is 4.90 Å². The zero-order valence-electron chi connectivity index (χ0n) is 14.4. The first-order chi connectivity index (χ1) is 12.6. The maximum absolute atomic E-state index is 12.2. The van der Waals surface area contributed by atoms with Crippen LogP contribution in [-0.4, -0.2) is 67.7 Å². The molecule has 0 aliphatic carbocycles. The number of benzene rings is 1. The maximum Gasteiger partial charge on any atom is 0.338 e. The molecule has 0 radical (unpaired) electrons. The highest BCUT2D eigenvalue weighted by molar-refractivity contribution is 5.93. The lowest BCUT2D eigenvalue weighted by Crippen LogP contribution is -2.36. The molecule has 26 heavy (non-hydrogen) atoms. The van der Waals surface area contributed by atoms with Gasteiger partial charge in [0.25, 0.3) is 11.6 Å². The zero-order valence-corrected chi connectivity index (χ0v) is 14.4. The van der Waals surface area contributed by atoms with Gasteiger partial charge in [0.2, 0.25) is 0 Å². The average molecular weight is 363 g/mol. The number of nitrogens with zero attached hydrogens (tertiary/aromatic N) is 3. The first-order valence-corrected chi connectivity index (χ1v) is 8.62. The zero-order chi connectivity index (χ0) is 18.5. The minimum absolute atomic E-state index is 0.0583. The predicted octanol–water partition coefficient (Wildman–Crippen LogP) is 1.21. The van der Waals surface area contributed by atoms with Gasteiger partial charge in [0.1, 0.15) is 5.69 Å². The number of hydrogen-bond acceptors (Lipinski definition) is 7. The number of carbonyl (C=O) groups excluding carboxylic acids is 2. The van der Waals surface area contributed by atoms with Gasteiger partial charge in [0.15, 0.2) is 6.61 Å². The van der Waals surface area contributed by atoms with Crippen LogP contribution >= 0.6 is 0 Å². The Labute approximate surface area is 150 Å². The van der Waals surface area contributed by atoms with Crippen molar-refractivity contribution in [1.29, 1.82) is 0 Å². The Balaban J connectivity index is 1.68. The monoisotopic (exact) mass is 363 g/mol. The molecule has 2 saturated heterocycles. The van der Waals surface area contributed by atoms with Crippen molar-refractivity contribution >= 4 is 23.3 Å². The topological polar surface area (TPSA) is 102 Å². The Morgan fingerprint density at radius 2 is 1.85 bits per heavy atom. The number of likely N-dealkylation sites (tertiary alicyclic amines) is 1. The van der Waals surface area contributed by atoms with E-state index < -0.39 is 10.9 Å². The van der Waals surface area contributed by atoms with Crippen molar-refractivity contribution in [2.24, 2.45) is 0 Å². The van der Waals surface area contributed by atoms with Gasteiger partial charge in [0, 0.05) is 32.2 Å². The summed E-state index contributed by atoms with van der Waals surface area (Å²) in [6.07, 6.45) is 1.91. The molecule has 2 fully saturated rings. The lowest BCUT2D eigenvalue weighted by Gasteiger charge is -2.28. The van der Waals surface area contributed by atoms with Crippen molar-refractivity contribution in [3.8, 4) is 0 Å². The summed E-state index contributed by atoms with van der Waals surface area (Å²) in [6, 6.07) is 4.23. The van der Waals surface area contributed by atoms with Gasteiger partial charge in [-0.15, -0.1) is 0 Å². The van der Waals surface area contributed by atoms with Crippen molar-refractivity contribution < 1.29 is 24.0 Å². The standard InChI is InChI=1S/C17H21N3O6/c21-16(19-5-1-2-6-19)12-26-17(22)13-3-4-14(15(11-13)20(23)24)18-7-9-25-10-8-18/h3-4,11H,1-2,5-10,12H2. The minimum atomic E-state index is -0.742. The van der Waals surface area contributed by atoms with Crippen LogP contribution in [0.5, 0.6) is 0 Å². The van der Waals surface area contributed by atoms with E-state index in [4.69, 9.17) is 9.47 Å². The van der Waals surface area contributed by atoms with E-state index in [1.165, 1.54) is 12.1 Å². The predicted molar refractivity (Wildman–Crippen MR) is 92.2 cm³/mol. The number of anilines is 1. The van der Waals surface area contributed by atoms with Gasteiger partial charge >= 0.3 is 5.97 Å². The third-order valence-corrected chi connectivity index (χ3v) is 4.55. The average Bonchev–Trinajstić information content (AvgIpc) is 3.21. The van der Waals surface area contributed by atoms with Crippen LogP contribution in [0, 0.1) is 10.1 Å². The second kappa shape index (κ2) is 8.13. The van der Waals surface area contributed by atoms with E-state index in [0.717, 1.165) is 12.8 Å². The Morgan fingerprint density at radius 1 is 1.15 bits per heavy atom. The van der Waals surface area contributed by atoms with E-state index in [-0.39, 0.29) is 23.8 Å². The van der Waals surface area contributed by atoms with Crippen LogP contribution in [0.4, 0.5) is 11.4 Å². The van der Waals surface area contributed by atoms with Gasteiger partial charge in [-0.25, -0.2) is 4.79 Å². The SMILES string of the molecule is O=C(OCC(=O)N1CCCC1)c1ccc(N2CCOCC2)c([N+](=O)[O-])c1.